The van der Waals surface area contributed by atoms with Gasteiger partial charge >= 0.3 is 0 Å². The highest BCUT2D eigenvalue weighted by Gasteiger charge is 2.15. The molecule has 3 aromatic carbocycles. The maximum atomic E-state index is 5.89. The van der Waals surface area contributed by atoms with E-state index in [0.717, 1.165) is 33.9 Å². The van der Waals surface area contributed by atoms with Gasteiger partial charge in [-0.1, -0.05) is 72.4 Å². The van der Waals surface area contributed by atoms with Crippen molar-refractivity contribution in [1.29, 1.82) is 0 Å². The Morgan fingerprint density at radius 3 is 2.44 bits per heavy atom. The van der Waals surface area contributed by atoms with Gasteiger partial charge in [-0.15, -0.1) is 21.5 Å². The number of hydrogen-bond acceptors (Lipinski definition) is 5. The lowest BCUT2D eigenvalue weighted by Gasteiger charge is -2.08. The second kappa shape index (κ2) is 9.59. The maximum absolute atomic E-state index is 5.89. The summed E-state index contributed by atoms with van der Waals surface area (Å²) in [6.45, 7) is 3.56. The van der Waals surface area contributed by atoms with Crippen LogP contribution in [0.5, 0.6) is 5.75 Å². The molecule has 0 N–H and O–H groups in total. The van der Waals surface area contributed by atoms with E-state index >= 15 is 0 Å². The van der Waals surface area contributed by atoms with Gasteiger partial charge in [-0.25, -0.2) is 0 Å². The number of thiophene rings is 1. The van der Waals surface area contributed by atoms with Crippen molar-refractivity contribution in [3.05, 3.63) is 96.1 Å². The Balaban J connectivity index is 1.25. The number of hydrogen-bond donors (Lipinski definition) is 0. The maximum Gasteiger partial charge on any atom is 0.191 e. The summed E-state index contributed by atoms with van der Waals surface area (Å²) >= 11 is 3.48. The molecule has 0 saturated carbocycles. The first kappa shape index (κ1) is 20.8. The van der Waals surface area contributed by atoms with E-state index in [-0.39, 0.29) is 0 Å². The van der Waals surface area contributed by atoms with E-state index < -0.39 is 0 Å². The molecule has 2 aromatic heterocycles. The SMILES string of the molecule is CCn1c(SCc2ccc(OCc3ccccc3)cc2)nnc1-c1cc2ccccc2s1. The van der Waals surface area contributed by atoms with E-state index in [1.165, 1.54) is 21.2 Å². The molecular weight excluding hydrogens is 434 g/mol. The van der Waals surface area contributed by atoms with Crippen LogP contribution in [-0.4, -0.2) is 14.8 Å². The van der Waals surface area contributed by atoms with E-state index in [1.54, 1.807) is 23.1 Å². The fourth-order valence-electron chi connectivity index (χ4n) is 3.53. The van der Waals surface area contributed by atoms with Crippen molar-refractivity contribution in [2.45, 2.75) is 31.0 Å². The monoisotopic (exact) mass is 457 g/mol. The van der Waals surface area contributed by atoms with Gasteiger partial charge in [-0.05, 0) is 47.7 Å². The Labute approximate surface area is 195 Å². The van der Waals surface area contributed by atoms with Gasteiger partial charge in [0.1, 0.15) is 12.4 Å². The van der Waals surface area contributed by atoms with Crippen LogP contribution in [0.25, 0.3) is 20.8 Å². The Morgan fingerprint density at radius 2 is 1.66 bits per heavy atom. The summed E-state index contributed by atoms with van der Waals surface area (Å²) in [5, 5.41) is 11.2. The number of fused-ring (bicyclic) bond motifs is 1. The van der Waals surface area contributed by atoms with Crippen LogP contribution in [0.2, 0.25) is 0 Å². The molecule has 5 rings (SSSR count). The number of ether oxygens (including phenoxy) is 1. The zero-order chi connectivity index (χ0) is 21.8. The topological polar surface area (TPSA) is 39.9 Å². The van der Waals surface area contributed by atoms with Crippen molar-refractivity contribution in [2.24, 2.45) is 0 Å². The van der Waals surface area contributed by atoms with E-state index in [9.17, 15) is 0 Å². The summed E-state index contributed by atoms with van der Waals surface area (Å²) < 4.78 is 9.37. The minimum atomic E-state index is 0.578. The standard InChI is InChI=1S/C26H23N3OS2/c1-2-29-25(24-16-21-10-6-7-11-23(21)32-24)27-28-26(29)31-18-20-12-14-22(15-13-20)30-17-19-8-4-3-5-9-19/h3-16H,2,17-18H2,1H3. The van der Waals surface area contributed by atoms with Crippen molar-refractivity contribution in [3.8, 4) is 16.5 Å². The Hall–Kier alpha value is -3.09. The number of benzene rings is 3. The van der Waals surface area contributed by atoms with Crippen molar-refractivity contribution in [1.82, 2.24) is 14.8 Å². The van der Waals surface area contributed by atoms with Crippen LogP contribution in [0.1, 0.15) is 18.1 Å². The van der Waals surface area contributed by atoms with Gasteiger partial charge in [-0.2, -0.15) is 0 Å². The first-order chi connectivity index (χ1) is 15.8. The fraction of sp³-hybridized carbons (Fsp3) is 0.154. The summed E-state index contributed by atoms with van der Waals surface area (Å²) in [4.78, 5) is 1.16. The van der Waals surface area contributed by atoms with Gasteiger partial charge < -0.3 is 9.30 Å². The zero-order valence-corrected chi connectivity index (χ0v) is 19.4. The molecule has 160 valence electrons. The molecule has 0 saturated heterocycles. The molecule has 2 heterocycles. The first-order valence-electron chi connectivity index (χ1n) is 10.6. The summed E-state index contributed by atoms with van der Waals surface area (Å²) in [7, 11) is 0. The number of rotatable bonds is 8. The van der Waals surface area contributed by atoms with Crippen LogP contribution in [0.15, 0.2) is 90.1 Å². The largest absolute Gasteiger partial charge is 0.489 e. The van der Waals surface area contributed by atoms with Gasteiger partial charge in [0.15, 0.2) is 11.0 Å². The average molecular weight is 458 g/mol. The molecule has 6 heteroatoms. The highest BCUT2D eigenvalue weighted by Crippen LogP contribution is 2.34. The van der Waals surface area contributed by atoms with Gasteiger partial charge in [0.25, 0.3) is 0 Å². The van der Waals surface area contributed by atoms with Gasteiger partial charge in [0.05, 0.1) is 4.88 Å². The predicted molar refractivity (Wildman–Crippen MR) is 133 cm³/mol. The Morgan fingerprint density at radius 1 is 0.875 bits per heavy atom. The van der Waals surface area contributed by atoms with Crippen molar-refractivity contribution < 1.29 is 4.74 Å². The molecule has 5 aromatic rings. The quantitative estimate of drug-likeness (QED) is 0.234. The molecule has 0 bridgehead atoms. The van der Waals surface area contributed by atoms with Gasteiger partial charge in [0.2, 0.25) is 0 Å². The lowest BCUT2D eigenvalue weighted by atomic mass is 10.2. The third-order valence-electron chi connectivity index (χ3n) is 5.22. The molecule has 32 heavy (non-hydrogen) atoms. The minimum Gasteiger partial charge on any atom is -0.489 e. The van der Waals surface area contributed by atoms with E-state index in [2.05, 4.69) is 76.3 Å². The van der Waals surface area contributed by atoms with E-state index in [4.69, 9.17) is 4.74 Å². The van der Waals surface area contributed by atoms with E-state index in [0.29, 0.717) is 6.61 Å². The lowest BCUT2D eigenvalue weighted by molar-refractivity contribution is 0.306. The van der Waals surface area contributed by atoms with Gasteiger partial charge in [0, 0.05) is 17.0 Å². The first-order valence-corrected chi connectivity index (χ1v) is 12.4. The highest BCUT2D eigenvalue weighted by molar-refractivity contribution is 7.98. The van der Waals surface area contributed by atoms with Crippen LogP contribution in [-0.2, 0) is 18.9 Å². The second-order valence-electron chi connectivity index (χ2n) is 7.41. The second-order valence-corrected chi connectivity index (χ2v) is 9.43. The molecule has 0 aliphatic rings. The lowest BCUT2D eigenvalue weighted by Crippen LogP contribution is -1.99. The molecule has 0 atom stereocenters. The third-order valence-corrected chi connectivity index (χ3v) is 7.37. The molecule has 4 nitrogen and oxygen atoms in total. The van der Waals surface area contributed by atoms with Crippen LogP contribution < -0.4 is 4.74 Å². The molecular formula is C26H23N3OS2. The van der Waals surface area contributed by atoms with Crippen molar-refractivity contribution in [2.75, 3.05) is 0 Å². The highest BCUT2D eigenvalue weighted by atomic mass is 32.2. The minimum absolute atomic E-state index is 0.578. The number of nitrogens with zero attached hydrogens (tertiary/aromatic N) is 3. The summed E-state index contributed by atoms with van der Waals surface area (Å²) in [5.41, 5.74) is 2.40. The summed E-state index contributed by atoms with van der Waals surface area (Å²) in [6, 6.07) is 29.2. The summed E-state index contributed by atoms with van der Waals surface area (Å²) in [5.74, 6) is 2.66. The summed E-state index contributed by atoms with van der Waals surface area (Å²) in [6.07, 6.45) is 0. The Bertz CT molecular complexity index is 1280. The van der Waals surface area contributed by atoms with Crippen LogP contribution in [0.4, 0.5) is 0 Å². The van der Waals surface area contributed by atoms with Crippen molar-refractivity contribution in [3.63, 3.8) is 0 Å². The molecule has 0 fully saturated rings. The van der Waals surface area contributed by atoms with Crippen LogP contribution in [0, 0.1) is 0 Å². The molecule has 0 radical (unpaired) electrons. The smallest absolute Gasteiger partial charge is 0.191 e. The normalized spacial score (nSPS) is 11.2. The van der Waals surface area contributed by atoms with Crippen LogP contribution in [0.3, 0.4) is 0 Å². The molecule has 0 amide bonds. The van der Waals surface area contributed by atoms with Crippen LogP contribution >= 0.6 is 23.1 Å². The Kier molecular flexibility index (Phi) is 6.23. The molecule has 0 aliphatic heterocycles. The average Bonchev–Trinajstić information content (AvgIpc) is 3.46. The molecule has 0 spiro atoms. The third kappa shape index (κ3) is 4.56. The van der Waals surface area contributed by atoms with E-state index in [1.807, 2.05) is 30.3 Å². The number of thioether (sulfide) groups is 1. The van der Waals surface area contributed by atoms with Gasteiger partial charge in [-0.3, -0.25) is 0 Å². The van der Waals surface area contributed by atoms with Crippen molar-refractivity contribution >= 4 is 33.2 Å². The fourth-order valence-corrected chi connectivity index (χ4v) is 5.54. The molecule has 0 aliphatic carbocycles. The number of aromatic nitrogens is 3. The predicted octanol–water partition coefficient (Wildman–Crippen LogP) is 7.05. The molecule has 0 unspecified atom stereocenters. The zero-order valence-electron chi connectivity index (χ0n) is 17.8.